The number of rotatable bonds is 8. The fraction of sp³-hybridized carbons (Fsp3) is 0.357. The van der Waals surface area contributed by atoms with Gasteiger partial charge in [-0.25, -0.2) is 4.98 Å². The van der Waals surface area contributed by atoms with E-state index in [1.165, 1.54) is 31.4 Å². The van der Waals surface area contributed by atoms with Crippen molar-refractivity contribution in [2.75, 3.05) is 31.5 Å². The summed E-state index contributed by atoms with van der Waals surface area (Å²) in [5.41, 5.74) is 3.99. The van der Waals surface area contributed by atoms with Crippen LogP contribution >= 0.6 is 27.5 Å². The molecule has 0 saturated carbocycles. The van der Waals surface area contributed by atoms with Gasteiger partial charge in [0.25, 0.3) is 0 Å². The van der Waals surface area contributed by atoms with E-state index in [1.807, 2.05) is 34.8 Å². The molecule has 0 aliphatic carbocycles. The van der Waals surface area contributed by atoms with Crippen molar-refractivity contribution >= 4 is 39.0 Å². The maximum absolute atomic E-state index is 6.47. The summed E-state index contributed by atoms with van der Waals surface area (Å²) in [5.74, 6) is 2.18. The number of anilines is 1. The van der Waals surface area contributed by atoms with Crippen molar-refractivity contribution in [3.8, 4) is 11.3 Å². The van der Waals surface area contributed by atoms with Crippen LogP contribution in [0.1, 0.15) is 37.7 Å². The quantitative estimate of drug-likeness (QED) is 0.253. The van der Waals surface area contributed by atoms with Gasteiger partial charge in [-0.1, -0.05) is 67.1 Å². The molecule has 1 fully saturated rings. The molecule has 1 N–H and O–H groups in total. The Balaban J connectivity index is 1.19. The van der Waals surface area contributed by atoms with Gasteiger partial charge >= 0.3 is 0 Å². The predicted molar refractivity (Wildman–Crippen MR) is 148 cm³/mol. The smallest absolute Gasteiger partial charge is 0.172 e. The highest BCUT2D eigenvalue weighted by atomic mass is 79.9. The van der Waals surface area contributed by atoms with E-state index in [9.17, 15) is 0 Å². The molecular formula is C28H31BrClN5. The van der Waals surface area contributed by atoms with Crippen LogP contribution in [0.15, 0.2) is 71.3 Å². The average Bonchev–Trinajstić information content (AvgIpc) is 3.28. The molecular weight excluding hydrogens is 522 g/mol. The van der Waals surface area contributed by atoms with Crippen LogP contribution in [0.4, 0.5) is 5.82 Å². The highest BCUT2D eigenvalue weighted by Crippen LogP contribution is 2.31. The molecule has 1 aliphatic rings. The van der Waals surface area contributed by atoms with E-state index in [2.05, 4.69) is 68.5 Å². The minimum absolute atomic E-state index is 0.602. The molecule has 3 heterocycles. The van der Waals surface area contributed by atoms with Gasteiger partial charge in [-0.2, -0.15) is 9.61 Å². The van der Waals surface area contributed by atoms with Crippen molar-refractivity contribution in [3.05, 3.63) is 81.9 Å². The van der Waals surface area contributed by atoms with Gasteiger partial charge < -0.3 is 10.2 Å². The summed E-state index contributed by atoms with van der Waals surface area (Å²) in [5, 5.41) is 8.88. The van der Waals surface area contributed by atoms with E-state index in [0.717, 1.165) is 46.8 Å². The number of fused-ring (bicyclic) bond motifs is 1. The van der Waals surface area contributed by atoms with E-state index in [0.29, 0.717) is 16.9 Å². The third kappa shape index (κ3) is 5.71. The zero-order chi connectivity index (χ0) is 24.2. The highest BCUT2D eigenvalue weighted by molar-refractivity contribution is 9.10. The van der Waals surface area contributed by atoms with Gasteiger partial charge in [0.1, 0.15) is 5.82 Å². The summed E-state index contributed by atoms with van der Waals surface area (Å²) in [7, 11) is 0. The molecule has 182 valence electrons. The monoisotopic (exact) mass is 551 g/mol. The summed E-state index contributed by atoms with van der Waals surface area (Å²) in [6.07, 6.45) is 5.42. The Labute approximate surface area is 220 Å². The molecule has 7 heteroatoms. The molecule has 1 saturated heterocycles. The number of hydrogen-bond donors (Lipinski definition) is 1. The molecule has 1 atom stereocenters. The minimum Gasteiger partial charge on any atom is -0.370 e. The van der Waals surface area contributed by atoms with Crippen molar-refractivity contribution in [2.45, 2.75) is 32.1 Å². The van der Waals surface area contributed by atoms with Gasteiger partial charge in [-0.05, 0) is 78.3 Å². The molecule has 35 heavy (non-hydrogen) atoms. The Morgan fingerprint density at radius 2 is 1.83 bits per heavy atom. The van der Waals surface area contributed by atoms with Crippen molar-refractivity contribution in [1.82, 2.24) is 19.5 Å². The predicted octanol–water partition coefficient (Wildman–Crippen LogP) is 7.13. The number of nitrogens with one attached hydrogen (secondary N) is 1. The van der Waals surface area contributed by atoms with Gasteiger partial charge in [0.2, 0.25) is 0 Å². The van der Waals surface area contributed by atoms with Crippen molar-refractivity contribution in [1.29, 1.82) is 0 Å². The van der Waals surface area contributed by atoms with E-state index < -0.39 is 0 Å². The van der Waals surface area contributed by atoms with Gasteiger partial charge in [-0.15, -0.1) is 0 Å². The van der Waals surface area contributed by atoms with Crippen LogP contribution in [0.3, 0.4) is 0 Å². The highest BCUT2D eigenvalue weighted by Gasteiger charge is 2.21. The first-order valence-electron chi connectivity index (χ1n) is 12.4. The second-order valence-corrected chi connectivity index (χ2v) is 10.8. The number of halogens is 2. The lowest BCUT2D eigenvalue weighted by atomic mass is 9.94. The lowest BCUT2D eigenvalue weighted by Crippen LogP contribution is -2.36. The lowest BCUT2D eigenvalue weighted by molar-refractivity contribution is 0.185. The number of likely N-dealkylation sites (tertiary alicyclic amines) is 1. The molecule has 0 amide bonds. The summed E-state index contributed by atoms with van der Waals surface area (Å²) >= 11 is 10.1. The van der Waals surface area contributed by atoms with Crippen LogP contribution in [0.25, 0.3) is 16.9 Å². The van der Waals surface area contributed by atoms with Gasteiger partial charge in [-0.3, -0.25) is 0 Å². The van der Waals surface area contributed by atoms with Crippen LogP contribution in [0.5, 0.6) is 0 Å². The molecule has 5 rings (SSSR count). The largest absolute Gasteiger partial charge is 0.370 e. The maximum Gasteiger partial charge on any atom is 0.172 e. The fourth-order valence-electron chi connectivity index (χ4n) is 4.86. The SMILES string of the molecule is CC(CCN1CCC(CNc2cc(-c3ccccc3Cl)nc3c(Br)cnn23)CC1)c1ccccc1. The first kappa shape index (κ1) is 24.3. The molecule has 0 radical (unpaired) electrons. The Kier molecular flexibility index (Phi) is 7.71. The number of aromatic nitrogens is 3. The number of hydrogen-bond acceptors (Lipinski definition) is 4. The summed E-state index contributed by atoms with van der Waals surface area (Å²) < 4.78 is 2.73. The number of piperidine rings is 1. The Morgan fingerprint density at radius 3 is 2.60 bits per heavy atom. The molecule has 2 aromatic heterocycles. The fourth-order valence-corrected chi connectivity index (χ4v) is 5.44. The van der Waals surface area contributed by atoms with E-state index >= 15 is 0 Å². The van der Waals surface area contributed by atoms with Gasteiger partial charge in [0.05, 0.1) is 16.4 Å². The molecule has 4 aromatic rings. The summed E-state index contributed by atoms with van der Waals surface area (Å²) in [6.45, 7) is 6.76. The van der Waals surface area contributed by atoms with Crippen LogP contribution in [-0.2, 0) is 0 Å². The second kappa shape index (κ2) is 11.1. The topological polar surface area (TPSA) is 45.5 Å². The lowest BCUT2D eigenvalue weighted by Gasteiger charge is -2.32. The van der Waals surface area contributed by atoms with Crippen LogP contribution < -0.4 is 5.32 Å². The van der Waals surface area contributed by atoms with Crippen LogP contribution in [0.2, 0.25) is 5.02 Å². The molecule has 2 aromatic carbocycles. The van der Waals surface area contributed by atoms with E-state index in [4.69, 9.17) is 16.6 Å². The maximum atomic E-state index is 6.47. The number of benzene rings is 2. The third-order valence-electron chi connectivity index (χ3n) is 7.10. The molecule has 0 bridgehead atoms. The molecule has 1 unspecified atom stereocenters. The molecule has 0 spiro atoms. The first-order chi connectivity index (χ1) is 17.1. The van der Waals surface area contributed by atoms with Gasteiger partial charge in [0, 0.05) is 23.2 Å². The zero-order valence-electron chi connectivity index (χ0n) is 20.0. The third-order valence-corrected chi connectivity index (χ3v) is 7.99. The van der Waals surface area contributed by atoms with Crippen LogP contribution in [0, 0.1) is 5.92 Å². The standard InChI is InChI=1S/C28H31BrClN5/c1-20(22-7-3-2-4-8-22)11-14-34-15-12-21(13-16-34)18-31-27-17-26(23-9-5-6-10-25(23)30)33-28-24(29)19-32-35(27)28/h2-10,17,19-21,31H,11-16,18H2,1H3. The van der Waals surface area contributed by atoms with E-state index in [-0.39, 0.29) is 0 Å². The Morgan fingerprint density at radius 1 is 1.09 bits per heavy atom. The van der Waals surface area contributed by atoms with Gasteiger partial charge in [0.15, 0.2) is 5.65 Å². The molecule has 5 nitrogen and oxygen atoms in total. The zero-order valence-corrected chi connectivity index (χ0v) is 22.3. The van der Waals surface area contributed by atoms with Crippen molar-refractivity contribution in [2.24, 2.45) is 5.92 Å². The second-order valence-electron chi connectivity index (χ2n) is 9.50. The summed E-state index contributed by atoms with van der Waals surface area (Å²) in [6, 6.07) is 20.7. The normalized spacial score (nSPS) is 16.0. The number of nitrogens with zero attached hydrogens (tertiary/aromatic N) is 4. The minimum atomic E-state index is 0.602. The Hall–Kier alpha value is -2.41. The average molecular weight is 553 g/mol. The van der Waals surface area contributed by atoms with E-state index in [1.54, 1.807) is 6.20 Å². The van der Waals surface area contributed by atoms with Crippen molar-refractivity contribution in [3.63, 3.8) is 0 Å². The molecule has 1 aliphatic heterocycles. The first-order valence-corrected chi connectivity index (χ1v) is 13.6. The Bertz CT molecular complexity index is 1270. The van der Waals surface area contributed by atoms with Crippen molar-refractivity contribution < 1.29 is 0 Å². The van der Waals surface area contributed by atoms with Crippen LogP contribution in [-0.4, -0.2) is 45.7 Å². The summed E-state index contributed by atoms with van der Waals surface area (Å²) in [4.78, 5) is 7.44.